The molecule has 0 spiro atoms. The highest BCUT2D eigenvalue weighted by Crippen LogP contribution is 2.53. The van der Waals surface area contributed by atoms with Gasteiger partial charge in [0, 0.05) is 3.92 Å². The van der Waals surface area contributed by atoms with Crippen molar-refractivity contribution in [2.45, 2.75) is 62.7 Å². The van der Waals surface area contributed by atoms with Crippen LogP contribution in [0, 0.1) is 17.3 Å². The van der Waals surface area contributed by atoms with Crippen LogP contribution >= 0.6 is 22.6 Å². The molecule has 2 rings (SSSR count). The van der Waals surface area contributed by atoms with Crippen molar-refractivity contribution in [1.82, 2.24) is 0 Å². The molecule has 0 aromatic rings. The first kappa shape index (κ1) is 11.2. The zero-order valence-electron chi connectivity index (χ0n) is 9.56. The number of fused-ring (bicyclic) bond motifs is 2. The molecule has 0 radical (unpaired) electrons. The standard InChI is InChI=1S/C13H23I/c1-10-6-12-4-3-5-13(7-10,9-12)8-11(2)14/h10-12H,3-9H2,1-2H3. The molecular formula is C13H23I. The van der Waals surface area contributed by atoms with E-state index < -0.39 is 0 Å². The monoisotopic (exact) mass is 306 g/mol. The molecular weight excluding hydrogens is 283 g/mol. The van der Waals surface area contributed by atoms with Crippen LogP contribution in [0.2, 0.25) is 0 Å². The average Bonchev–Trinajstić information content (AvgIpc) is 1.99. The average molecular weight is 306 g/mol. The first-order valence-corrected chi connectivity index (χ1v) is 7.48. The molecule has 4 unspecified atom stereocenters. The lowest BCUT2D eigenvalue weighted by atomic mass is 9.58. The zero-order chi connectivity index (χ0) is 10.2. The van der Waals surface area contributed by atoms with Gasteiger partial charge in [0.15, 0.2) is 0 Å². The van der Waals surface area contributed by atoms with Crippen LogP contribution in [-0.4, -0.2) is 3.92 Å². The van der Waals surface area contributed by atoms with Gasteiger partial charge in [-0.1, -0.05) is 49.3 Å². The fourth-order valence-corrected chi connectivity index (χ4v) is 5.16. The van der Waals surface area contributed by atoms with E-state index in [1.165, 1.54) is 38.5 Å². The van der Waals surface area contributed by atoms with Crippen molar-refractivity contribution in [3.8, 4) is 0 Å². The molecule has 0 saturated heterocycles. The van der Waals surface area contributed by atoms with E-state index in [-0.39, 0.29) is 0 Å². The summed E-state index contributed by atoms with van der Waals surface area (Å²) in [6.07, 6.45) is 10.7. The van der Waals surface area contributed by atoms with Crippen molar-refractivity contribution in [2.75, 3.05) is 0 Å². The highest BCUT2D eigenvalue weighted by Gasteiger charge is 2.41. The molecule has 0 amide bonds. The summed E-state index contributed by atoms with van der Waals surface area (Å²) in [6, 6.07) is 0. The van der Waals surface area contributed by atoms with Gasteiger partial charge in [0.2, 0.25) is 0 Å². The van der Waals surface area contributed by atoms with Gasteiger partial charge in [-0.3, -0.25) is 0 Å². The van der Waals surface area contributed by atoms with Crippen molar-refractivity contribution >= 4 is 22.6 Å². The van der Waals surface area contributed by atoms with E-state index in [0.29, 0.717) is 0 Å². The van der Waals surface area contributed by atoms with Crippen molar-refractivity contribution in [3.63, 3.8) is 0 Å². The van der Waals surface area contributed by atoms with Gasteiger partial charge in [0.25, 0.3) is 0 Å². The minimum absolute atomic E-state index is 0.765. The van der Waals surface area contributed by atoms with Gasteiger partial charge >= 0.3 is 0 Å². The molecule has 2 aliphatic carbocycles. The molecule has 2 bridgehead atoms. The molecule has 14 heavy (non-hydrogen) atoms. The first-order valence-electron chi connectivity index (χ1n) is 6.24. The predicted octanol–water partition coefficient (Wildman–Crippen LogP) is 4.81. The number of rotatable bonds is 2. The predicted molar refractivity (Wildman–Crippen MR) is 70.9 cm³/mol. The van der Waals surface area contributed by atoms with E-state index in [1.807, 2.05) is 0 Å². The van der Waals surface area contributed by atoms with Gasteiger partial charge in [0.05, 0.1) is 0 Å². The van der Waals surface area contributed by atoms with Gasteiger partial charge in [-0.25, -0.2) is 0 Å². The SMILES string of the molecule is CC(I)CC12CCCC(CC(C)C1)C2. The van der Waals surface area contributed by atoms with Crippen LogP contribution in [0.15, 0.2) is 0 Å². The minimum Gasteiger partial charge on any atom is -0.0829 e. The van der Waals surface area contributed by atoms with Crippen molar-refractivity contribution in [1.29, 1.82) is 0 Å². The quantitative estimate of drug-likeness (QED) is 0.507. The van der Waals surface area contributed by atoms with Crippen LogP contribution in [0.1, 0.15) is 58.8 Å². The number of alkyl halides is 1. The lowest BCUT2D eigenvalue weighted by Crippen LogP contribution is -2.37. The zero-order valence-corrected chi connectivity index (χ0v) is 11.7. The summed E-state index contributed by atoms with van der Waals surface area (Å²) in [5.74, 6) is 2.09. The summed E-state index contributed by atoms with van der Waals surface area (Å²) in [7, 11) is 0. The first-order chi connectivity index (χ1) is 6.60. The maximum Gasteiger partial charge on any atom is 0.00866 e. The second-order valence-electron chi connectivity index (χ2n) is 5.99. The fourth-order valence-electron chi connectivity index (χ4n) is 4.23. The van der Waals surface area contributed by atoms with Crippen LogP contribution in [-0.2, 0) is 0 Å². The van der Waals surface area contributed by atoms with Crippen molar-refractivity contribution < 1.29 is 0 Å². The Morgan fingerprint density at radius 1 is 1.43 bits per heavy atom. The Labute approximate surface area is 102 Å². The van der Waals surface area contributed by atoms with Crippen LogP contribution in [0.25, 0.3) is 0 Å². The van der Waals surface area contributed by atoms with E-state index in [1.54, 1.807) is 6.42 Å². The molecule has 2 saturated carbocycles. The van der Waals surface area contributed by atoms with Gasteiger partial charge in [-0.15, -0.1) is 0 Å². The normalized spacial score (nSPS) is 44.8. The van der Waals surface area contributed by atoms with E-state index >= 15 is 0 Å². The van der Waals surface area contributed by atoms with Crippen LogP contribution in [0.5, 0.6) is 0 Å². The molecule has 0 nitrogen and oxygen atoms in total. The Bertz CT molecular complexity index is 190. The number of halogens is 1. The largest absolute Gasteiger partial charge is 0.0829 e. The Morgan fingerprint density at radius 3 is 2.93 bits per heavy atom. The van der Waals surface area contributed by atoms with E-state index in [2.05, 4.69) is 36.4 Å². The second kappa shape index (κ2) is 4.31. The molecule has 0 heterocycles. The number of hydrogen-bond acceptors (Lipinski definition) is 0. The number of hydrogen-bond donors (Lipinski definition) is 0. The minimum atomic E-state index is 0.765. The van der Waals surface area contributed by atoms with Crippen LogP contribution < -0.4 is 0 Å². The molecule has 0 N–H and O–H groups in total. The van der Waals surface area contributed by atoms with Crippen molar-refractivity contribution in [2.24, 2.45) is 17.3 Å². The lowest BCUT2D eigenvalue weighted by molar-refractivity contribution is 0.0394. The molecule has 1 heteroatoms. The summed E-state index contributed by atoms with van der Waals surface area (Å²) in [4.78, 5) is 0. The smallest absolute Gasteiger partial charge is 0.00866 e. The molecule has 4 atom stereocenters. The summed E-state index contributed by atoms with van der Waals surface area (Å²) >= 11 is 2.62. The summed E-state index contributed by atoms with van der Waals surface area (Å²) in [5.41, 5.74) is 0.765. The molecule has 2 fully saturated rings. The third kappa shape index (κ3) is 2.45. The fraction of sp³-hybridized carbons (Fsp3) is 1.00. The highest BCUT2D eigenvalue weighted by molar-refractivity contribution is 14.1. The third-order valence-electron chi connectivity index (χ3n) is 4.27. The summed E-state index contributed by atoms with van der Waals surface area (Å²) in [6.45, 7) is 4.86. The van der Waals surface area contributed by atoms with Gasteiger partial charge in [0.1, 0.15) is 0 Å². The van der Waals surface area contributed by atoms with Gasteiger partial charge < -0.3 is 0 Å². The van der Waals surface area contributed by atoms with E-state index in [0.717, 1.165) is 21.2 Å². The van der Waals surface area contributed by atoms with Gasteiger partial charge in [-0.05, 0) is 49.4 Å². The molecule has 0 aromatic heterocycles. The van der Waals surface area contributed by atoms with Crippen LogP contribution in [0.4, 0.5) is 0 Å². The Kier molecular flexibility index (Phi) is 3.45. The summed E-state index contributed by atoms with van der Waals surface area (Å²) < 4.78 is 0.872. The van der Waals surface area contributed by atoms with E-state index in [4.69, 9.17) is 0 Å². The van der Waals surface area contributed by atoms with Crippen molar-refractivity contribution in [3.05, 3.63) is 0 Å². The maximum absolute atomic E-state index is 2.62. The lowest BCUT2D eigenvalue weighted by Gasteiger charge is -2.48. The second-order valence-corrected chi connectivity index (χ2v) is 8.12. The Morgan fingerprint density at radius 2 is 2.21 bits per heavy atom. The third-order valence-corrected chi connectivity index (χ3v) is 4.71. The molecule has 82 valence electrons. The van der Waals surface area contributed by atoms with Crippen LogP contribution in [0.3, 0.4) is 0 Å². The molecule has 0 aromatic carbocycles. The topological polar surface area (TPSA) is 0 Å². The molecule has 2 aliphatic rings. The Hall–Kier alpha value is 0.730. The Balaban J connectivity index is 2.06. The maximum atomic E-state index is 2.62. The highest BCUT2D eigenvalue weighted by atomic mass is 127. The molecule has 0 aliphatic heterocycles. The van der Waals surface area contributed by atoms with Gasteiger partial charge in [-0.2, -0.15) is 0 Å². The van der Waals surface area contributed by atoms with E-state index in [9.17, 15) is 0 Å². The summed E-state index contributed by atoms with van der Waals surface area (Å²) in [5, 5.41) is 0.